The van der Waals surface area contributed by atoms with Crippen molar-refractivity contribution >= 4 is 23.0 Å². The zero-order chi connectivity index (χ0) is 14.7. The van der Waals surface area contributed by atoms with Crippen LogP contribution in [0, 0.1) is 13.8 Å². The Bertz CT molecular complexity index is 608. The number of benzene rings is 2. The Labute approximate surface area is 126 Å². The highest BCUT2D eigenvalue weighted by Gasteiger charge is 2.13. The molecule has 20 heavy (non-hydrogen) atoms. The van der Waals surface area contributed by atoms with Crippen LogP contribution in [-0.2, 0) is 6.42 Å². The first-order chi connectivity index (χ1) is 9.54. The summed E-state index contributed by atoms with van der Waals surface area (Å²) in [4.78, 5) is 2.19. The van der Waals surface area contributed by atoms with Crippen molar-refractivity contribution in [1.82, 2.24) is 0 Å². The van der Waals surface area contributed by atoms with E-state index in [2.05, 4.69) is 50.1 Å². The van der Waals surface area contributed by atoms with Crippen LogP contribution in [0.25, 0.3) is 0 Å². The third-order valence-corrected chi connectivity index (χ3v) is 3.92. The second-order valence-electron chi connectivity index (χ2n) is 5.13. The van der Waals surface area contributed by atoms with Crippen LogP contribution in [-0.4, -0.2) is 13.6 Å². The summed E-state index contributed by atoms with van der Waals surface area (Å²) in [6.07, 6.45) is 0.782. The second-order valence-corrected chi connectivity index (χ2v) is 5.53. The van der Waals surface area contributed by atoms with Crippen LogP contribution < -0.4 is 10.6 Å². The highest BCUT2D eigenvalue weighted by Crippen LogP contribution is 2.33. The Morgan fingerprint density at radius 1 is 1.10 bits per heavy atom. The van der Waals surface area contributed by atoms with Gasteiger partial charge in [-0.05, 0) is 56.1 Å². The molecule has 0 saturated carbocycles. The van der Waals surface area contributed by atoms with E-state index in [0.29, 0.717) is 6.54 Å². The van der Waals surface area contributed by atoms with E-state index in [1.807, 2.05) is 12.1 Å². The first-order valence-electron chi connectivity index (χ1n) is 6.83. The summed E-state index contributed by atoms with van der Waals surface area (Å²) in [6.45, 7) is 4.83. The SMILES string of the molecule is Cc1ccc(N(C)c2cccc(Cl)c2CCN)c(C)c1. The molecule has 0 aliphatic heterocycles. The van der Waals surface area contributed by atoms with E-state index < -0.39 is 0 Å². The molecule has 0 aromatic heterocycles. The fourth-order valence-electron chi connectivity index (χ4n) is 2.56. The molecule has 3 heteroatoms. The molecule has 0 saturated heterocycles. The van der Waals surface area contributed by atoms with Gasteiger partial charge in [0.2, 0.25) is 0 Å². The van der Waals surface area contributed by atoms with Gasteiger partial charge in [-0.3, -0.25) is 0 Å². The van der Waals surface area contributed by atoms with Gasteiger partial charge in [-0.2, -0.15) is 0 Å². The third kappa shape index (κ3) is 2.97. The van der Waals surface area contributed by atoms with Crippen LogP contribution in [0.4, 0.5) is 11.4 Å². The maximum absolute atomic E-state index is 6.32. The summed E-state index contributed by atoms with van der Waals surface area (Å²) < 4.78 is 0. The lowest BCUT2D eigenvalue weighted by atomic mass is 10.1. The molecule has 2 rings (SSSR count). The van der Waals surface area contributed by atoms with E-state index in [-0.39, 0.29) is 0 Å². The van der Waals surface area contributed by atoms with Crippen molar-refractivity contribution in [2.24, 2.45) is 5.73 Å². The molecule has 2 N–H and O–H groups in total. The maximum atomic E-state index is 6.32. The van der Waals surface area contributed by atoms with Gasteiger partial charge in [-0.15, -0.1) is 0 Å². The standard InChI is InChI=1S/C17H21ClN2/c1-12-7-8-16(13(2)11-12)20(3)17-6-4-5-15(18)14(17)9-10-19/h4-8,11H,9-10,19H2,1-3H3. The number of aryl methyl sites for hydroxylation is 2. The summed E-state index contributed by atoms with van der Waals surface area (Å²) in [5, 5.41) is 0.782. The van der Waals surface area contributed by atoms with E-state index in [0.717, 1.165) is 22.7 Å². The minimum atomic E-state index is 0.595. The lowest BCUT2D eigenvalue weighted by Crippen LogP contribution is -2.15. The van der Waals surface area contributed by atoms with Crippen molar-refractivity contribution in [2.45, 2.75) is 20.3 Å². The Morgan fingerprint density at radius 2 is 1.85 bits per heavy atom. The molecule has 0 heterocycles. The average Bonchev–Trinajstić information content (AvgIpc) is 2.40. The van der Waals surface area contributed by atoms with Crippen molar-refractivity contribution in [2.75, 3.05) is 18.5 Å². The number of nitrogens with two attached hydrogens (primary N) is 1. The van der Waals surface area contributed by atoms with E-state index in [4.69, 9.17) is 17.3 Å². The van der Waals surface area contributed by atoms with Gasteiger partial charge in [-0.1, -0.05) is 35.4 Å². The van der Waals surface area contributed by atoms with Crippen LogP contribution in [0.2, 0.25) is 5.02 Å². The first kappa shape index (κ1) is 14.9. The topological polar surface area (TPSA) is 29.3 Å². The van der Waals surface area contributed by atoms with E-state index in [9.17, 15) is 0 Å². The zero-order valence-corrected chi connectivity index (χ0v) is 13.0. The van der Waals surface area contributed by atoms with Crippen LogP contribution in [0.5, 0.6) is 0 Å². The van der Waals surface area contributed by atoms with Crippen LogP contribution in [0.15, 0.2) is 36.4 Å². The number of rotatable bonds is 4. The molecular formula is C17H21ClN2. The molecule has 2 aromatic rings. The minimum absolute atomic E-state index is 0.595. The van der Waals surface area contributed by atoms with Gasteiger partial charge in [0.15, 0.2) is 0 Å². The lowest BCUT2D eigenvalue weighted by molar-refractivity contribution is 0.960. The largest absolute Gasteiger partial charge is 0.344 e. The van der Waals surface area contributed by atoms with E-state index in [1.165, 1.54) is 16.8 Å². The summed E-state index contributed by atoms with van der Waals surface area (Å²) in [5.74, 6) is 0. The molecule has 0 spiro atoms. The highest BCUT2D eigenvalue weighted by atomic mass is 35.5. The molecule has 0 fully saturated rings. The van der Waals surface area contributed by atoms with Crippen LogP contribution in [0.3, 0.4) is 0 Å². The maximum Gasteiger partial charge on any atom is 0.0459 e. The number of halogens is 1. The average molecular weight is 289 g/mol. The summed E-state index contributed by atoms with van der Waals surface area (Å²) in [6, 6.07) is 12.5. The molecule has 0 aliphatic carbocycles. The molecule has 0 bridgehead atoms. The fraction of sp³-hybridized carbons (Fsp3) is 0.294. The number of hydrogen-bond donors (Lipinski definition) is 1. The van der Waals surface area contributed by atoms with Gasteiger partial charge < -0.3 is 10.6 Å². The fourth-order valence-corrected chi connectivity index (χ4v) is 2.83. The Kier molecular flexibility index (Phi) is 4.69. The lowest BCUT2D eigenvalue weighted by Gasteiger charge is -2.25. The van der Waals surface area contributed by atoms with E-state index >= 15 is 0 Å². The minimum Gasteiger partial charge on any atom is -0.344 e. The monoisotopic (exact) mass is 288 g/mol. The summed E-state index contributed by atoms with van der Waals surface area (Å²) >= 11 is 6.32. The molecule has 0 atom stereocenters. The van der Waals surface area contributed by atoms with Gasteiger partial charge in [0.1, 0.15) is 0 Å². The highest BCUT2D eigenvalue weighted by molar-refractivity contribution is 6.31. The quantitative estimate of drug-likeness (QED) is 0.912. The molecule has 0 unspecified atom stereocenters. The third-order valence-electron chi connectivity index (χ3n) is 3.56. The molecule has 0 radical (unpaired) electrons. The normalized spacial score (nSPS) is 10.7. The van der Waals surface area contributed by atoms with Gasteiger partial charge in [0.25, 0.3) is 0 Å². The second kappa shape index (κ2) is 6.29. The van der Waals surface area contributed by atoms with Gasteiger partial charge in [-0.25, -0.2) is 0 Å². The Balaban J connectivity index is 2.47. The molecular weight excluding hydrogens is 268 g/mol. The Morgan fingerprint density at radius 3 is 2.50 bits per heavy atom. The van der Waals surface area contributed by atoms with Gasteiger partial charge in [0, 0.05) is 23.4 Å². The molecule has 0 aliphatic rings. The van der Waals surface area contributed by atoms with Crippen molar-refractivity contribution < 1.29 is 0 Å². The number of nitrogens with zero attached hydrogens (tertiary/aromatic N) is 1. The zero-order valence-electron chi connectivity index (χ0n) is 12.3. The number of anilines is 2. The predicted molar refractivity (Wildman–Crippen MR) is 88.2 cm³/mol. The smallest absolute Gasteiger partial charge is 0.0459 e. The van der Waals surface area contributed by atoms with Crippen molar-refractivity contribution in [3.8, 4) is 0 Å². The molecule has 0 amide bonds. The van der Waals surface area contributed by atoms with Crippen LogP contribution in [0.1, 0.15) is 16.7 Å². The van der Waals surface area contributed by atoms with Gasteiger partial charge in [0.05, 0.1) is 0 Å². The Hall–Kier alpha value is -1.51. The van der Waals surface area contributed by atoms with Crippen molar-refractivity contribution in [3.05, 3.63) is 58.1 Å². The van der Waals surface area contributed by atoms with Crippen molar-refractivity contribution in [1.29, 1.82) is 0 Å². The van der Waals surface area contributed by atoms with E-state index in [1.54, 1.807) is 0 Å². The molecule has 106 valence electrons. The molecule has 2 aromatic carbocycles. The van der Waals surface area contributed by atoms with Gasteiger partial charge >= 0.3 is 0 Å². The number of hydrogen-bond acceptors (Lipinski definition) is 2. The summed E-state index contributed by atoms with van der Waals surface area (Å²) in [5.41, 5.74) is 11.7. The van der Waals surface area contributed by atoms with Crippen molar-refractivity contribution in [3.63, 3.8) is 0 Å². The molecule has 2 nitrogen and oxygen atoms in total. The van der Waals surface area contributed by atoms with Crippen LogP contribution >= 0.6 is 11.6 Å². The summed E-state index contributed by atoms with van der Waals surface area (Å²) in [7, 11) is 2.07. The first-order valence-corrected chi connectivity index (χ1v) is 7.21. The predicted octanol–water partition coefficient (Wildman–Crippen LogP) is 4.23.